The van der Waals surface area contributed by atoms with Crippen LogP contribution in [0.4, 0.5) is 13.2 Å². The molecule has 0 saturated carbocycles. The minimum Gasteiger partial charge on any atom is -0.457 e. The number of hydrogen-bond donors (Lipinski definition) is 2. The molecule has 0 saturated heterocycles. The third kappa shape index (κ3) is 8.26. The summed E-state index contributed by atoms with van der Waals surface area (Å²) in [7, 11) is 0. The van der Waals surface area contributed by atoms with Crippen LogP contribution in [-0.4, -0.2) is 51.4 Å². The number of carbonyl (C=O) groups excluding carboxylic acids is 2. The van der Waals surface area contributed by atoms with Gasteiger partial charge in [-0.25, -0.2) is 4.98 Å². The van der Waals surface area contributed by atoms with Gasteiger partial charge in [0.25, 0.3) is 0 Å². The molecule has 2 heterocycles. The lowest BCUT2D eigenvalue weighted by atomic mass is 9.73. The van der Waals surface area contributed by atoms with Crippen LogP contribution in [0.15, 0.2) is 27.9 Å². The maximum atomic E-state index is 13.8. The molecule has 1 aliphatic heterocycles. The first kappa shape index (κ1) is 30.8. The van der Waals surface area contributed by atoms with Crippen molar-refractivity contribution in [2.24, 2.45) is 17.3 Å². The quantitative estimate of drug-likeness (QED) is 0.393. The van der Waals surface area contributed by atoms with Crippen LogP contribution in [0.1, 0.15) is 78.3 Å². The van der Waals surface area contributed by atoms with Gasteiger partial charge in [0.05, 0.1) is 24.0 Å². The summed E-state index contributed by atoms with van der Waals surface area (Å²) >= 11 is 0. The number of ketones is 1. The predicted octanol–water partition coefficient (Wildman–Crippen LogP) is 5.34. The van der Waals surface area contributed by atoms with Crippen LogP contribution in [0, 0.1) is 24.2 Å². The molecule has 1 aromatic heterocycles. The van der Waals surface area contributed by atoms with Crippen LogP contribution in [0.5, 0.6) is 0 Å². The first-order valence-corrected chi connectivity index (χ1v) is 12.5. The smallest absolute Gasteiger partial charge is 0.412 e. The van der Waals surface area contributed by atoms with Gasteiger partial charge in [-0.2, -0.15) is 13.2 Å². The number of aryl methyl sites for hydroxylation is 1. The molecule has 0 spiro atoms. The van der Waals surface area contributed by atoms with Crippen LogP contribution in [0.25, 0.3) is 6.08 Å². The molecule has 0 radical (unpaired) electrons. The number of esters is 1. The Morgan fingerprint density at radius 1 is 1.22 bits per heavy atom. The van der Waals surface area contributed by atoms with Crippen molar-refractivity contribution >= 4 is 17.8 Å². The van der Waals surface area contributed by atoms with Crippen molar-refractivity contribution in [3.05, 3.63) is 35.1 Å². The Hall–Kier alpha value is -2.46. The number of carbonyl (C=O) groups is 2. The number of aliphatic hydroxyl groups excluding tert-OH is 2. The van der Waals surface area contributed by atoms with Crippen molar-refractivity contribution in [2.45, 2.75) is 98.1 Å². The molecule has 1 aliphatic rings. The summed E-state index contributed by atoms with van der Waals surface area (Å²) < 4.78 is 52.0. The van der Waals surface area contributed by atoms with Crippen LogP contribution in [-0.2, 0) is 14.3 Å². The highest BCUT2D eigenvalue weighted by Gasteiger charge is 2.42. The fourth-order valence-corrected chi connectivity index (χ4v) is 4.51. The highest BCUT2D eigenvalue weighted by atomic mass is 19.4. The molecule has 1 aromatic rings. The van der Waals surface area contributed by atoms with E-state index in [4.69, 9.17) is 9.15 Å². The molecule has 2 N–H and O–H groups in total. The molecule has 0 fully saturated rings. The molecule has 0 amide bonds. The van der Waals surface area contributed by atoms with E-state index in [0.717, 1.165) is 6.08 Å². The second-order valence-electron chi connectivity index (χ2n) is 10.6. The third-order valence-electron chi connectivity index (χ3n) is 7.18. The number of nitrogens with zero attached hydrogens (tertiary/aromatic N) is 1. The largest absolute Gasteiger partial charge is 0.457 e. The van der Waals surface area contributed by atoms with Gasteiger partial charge in [0.15, 0.2) is 5.89 Å². The van der Waals surface area contributed by atoms with E-state index in [1.54, 1.807) is 26.8 Å². The number of aliphatic hydroxyl groups is 2. The van der Waals surface area contributed by atoms with Crippen molar-refractivity contribution in [1.82, 2.24) is 4.98 Å². The first-order chi connectivity index (χ1) is 17.0. The van der Waals surface area contributed by atoms with E-state index in [0.29, 0.717) is 17.2 Å². The predicted molar refractivity (Wildman–Crippen MR) is 131 cm³/mol. The van der Waals surface area contributed by atoms with Gasteiger partial charge in [0.2, 0.25) is 0 Å². The molecule has 5 atom stereocenters. The maximum absolute atomic E-state index is 13.8. The molecule has 7 nitrogen and oxygen atoms in total. The minimum absolute atomic E-state index is 0.147. The number of halogens is 3. The zero-order valence-electron chi connectivity index (χ0n) is 22.3. The van der Waals surface area contributed by atoms with E-state index >= 15 is 0 Å². The second-order valence-corrected chi connectivity index (χ2v) is 10.6. The molecule has 0 aliphatic carbocycles. The van der Waals surface area contributed by atoms with E-state index in [-0.39, 0.29) is 25.7 Å². The second kappa shape index (κ2) is 12.4. The molecule has 2 rings (SSSR count). The monoisotopic (exact) mass is 529 g/mol. The Bertz CT molecular complexity index is 1010. The summed E-state index contributed by atoms with van der Waals surface area (Å²) in [6.45, 7) is 9.45. The number of hydrogen-bond acceptors (Lipinski definition) is 7. The molecule has 0 aromatic carbocycles. The van der Waals surface area contributed by atoms with Crippen LogP contribution in [0.2, 0.25) is 0 Å². The Balaban J connectivity index is 2.45. The Morgan fingerprint density at radius 2 is 1.86 bits per heavy atom. The lowest BCUT2D eigenvalue weighted by Gasteiger charge is -2.34. The van der Waals surface area contributed by atoms with Crippen LogP contribution >= 0.6 is 0 Å². The molecule has 10 heteroatoms. The normalized spacial score (nSPS) is 30.9. The van der Waals surface area contributed by atoms with E-state index < -0.39 is 65.5 Å². The van der Waals surface area contributed by atoms with Crippen molar-refractivity contribution < 1.29 is 42.1 Å². The Morgan fingerprint density at radius 3 is 2.43 bits per heavy atom. The van der Waals surface area contributed by atoms with Gasteiger partial charge in [-0.1, -0.05) is 33.8 Å². The molecular weight excluding hydrogens is 491 g/mol. The average Bonchev–Trinajstić information content (AvgIpc) is 3.21. The van der Waals surface area contributed by atoms with Crippen molar-refractivity contribution in [3.63, 3.8) is 0 Å². The van der Waals surface area contributed by atoms with Gasteiger partial charge < -0.3 is 19.4 Å². The third-order valence-corrected chi connectivity index (χ3v) is 7.18. The number of rotatable bonds is 2. The van der Waals surface area contributed by atoms with Crippen molar-refractivity contribution in [1.29, 1.82) is 0 Å². The van der Waals surface area contributed by atoms with E-state index in [1.165, 1.54) is 27.0 Å². The molecule has 208 valence electrons. The molecular formula is C27H38F3NO6. The summed E-state index contributed by atoms with van der Waals surface area (Å²) in [5, 5.41) is 21.5. The van der Waals surface area contributed by atoms with Gasteiger partial charge >= 0.3 is 12.1 Å². The Labute approximate surface area is 215 Å². The zero-order valence-corrected chi connectivity index (χ0v) is 22.3. The number of aromatic nitrogens is 1. The summed E-state index contributed by atoms with van der Waals surface area (Å²) in [5.41, 5.74) is -1.25. The summed E-state index contributed by atoms with van der Waals surface area (Å²) in [4.78, 5) is 30.1. The van der Waals surface area contributed by atoms with E-state index in [2.05, 4.69) is 4.98 Å². The summed E-state index contributed by atoms with van der Waals surface area (Å²) in [6.07, 6.45) is -4.83. The Kier molecular flexibility index (Phi) is 10.3. The van der Waals surface area contributed by atoms with Gasteiger partial charge in [0, 0.05) is 24.8 Å². The first-order valence-electron chi connectivity index (χ1n) is 12.5. The molecule has 37 heavy (non-hydrogen) atoms. The van der Waals surface area contributed by atoms with Gasteiger partial charge in [-0.05, 0) is 43.8 Å². The van der Waals surface area contributed by atoms with Gasteiger partial charge in [-0.3, -0.25) is 9.59 Å². The fourth-order valence-electron chi connectivity index (χ4n) is 4.51. The maximum Gasteiger partial charge on any atom is 0.412 e. The number of ether oxygens (including phenoxy) is 1. The number of alkyl halides is 3. The zero-order chi connectivity index (χ0) is 28.1. The summed E-state index contributed by atoms with van der Waals surface area (Å²) in [6, 6.07) is 0. The average molecular weight is 530 g/mol. The van der Waals surface area contributed by atoms with E-state index in [9.17, 15) is 33.0 Å². The van der Waals surface area contributed by atoms with Gasteiger partial charge in [-0.15, -0.1) is 0 Å². The topological polar surface area (TPSA) is 110 Å². The van der Waals surface area contributed by atoms with Crippen LogP contribution < -0.4 is 0 Å². The van der Waals surface area contributed by atoms with Crippen molar-refractivity contribution in [2.75, 3.05) is 0 Å². The summed E-state index contributed by atoms with van der Waals surface area (Å²) in [5.74, 6) is -2.23. The number of Topliss-reactive ketones (excluding diaryl/α,β-unsaturated/α-hetero) is 1. The molecule has 0 bridgehead atoms. The van der Waals surface area contributed by atoms with Crippen molar-refractivity contribution in [3.8, 4) is 0 Å². The number of allylic oxidation sites excluding steroid dienone is 1. The molecule has 0 unspecified atom stereocenters. The minimum atomic E-state index is -4.58. The standard InChI is InChI=1S/C27H38F3NO6/c1-15-8-7-9-19(27(28,29)30)10-11-21(16(2)12-20-14-36-18(4)31-20)37-23(33)13-22(32)26(5,6)25(35)17(3)24(15)34/h10,12,14-15,17,21-22,24,32,34H,7-9,11,13H2,1-6H3/b16-12+,19-10+/t15-,17+,21-,22-,24-/m0/s1. The number of oxazole rings is 1. The fraction of sp³-hybridized carbons (Fsp3) is 0.667. The number of cyclic esters (lactones) is 1. The SMILES string of the molecule is C/C(=C\c1coc(C)n1)[C@@H]1C/C=C(/C(F)(F)F)CCC[C@H](C)[C@H](O)[C@@H](C)C(=O)C(C)(C)[C@@H](O)CC(=O)O1. The van der Waals surface area contributed by atoms with E-state index in [1.807, 2.05) is 0 Å². The lowest BCUT2D eigenvalue weighted by molar-refractivity contribution is -0.154. The lowest BCUT2D eigenvalue weighted by Crippen LogP contribution is -2.45. The highest BCUT2D eigenvalue weighted by molar-refractivity contribution is 5.88. The van der Waals surface area contributed by atoms with Gasteiger partial charge in [0.1, 0.15) is 23.8 Å². The van der Waals surface area contributed by atoms with Crippen LogP contribution in [0.3, 0.4) is 0 Å². The highest BCUT2D eigenvalue weighted by Crippen LogP contribution is 2.35.